The van der Waals surface area contributed by atoms with Crippen LogP contribution in [0, 0.1) is 6.92 Å². The summed E-state index contributed by atoms with van der Waals surface area (Å²) in [4.78, 5) is 4.62. The van der Waals surface area contributed by atoms with Gasteiger partial charge < -0.3 is 10.6 Å². The first-order chi connectivity index (χ1) is 10.7. The Morgan fingerprint density at radius 3 is 2.13 bits per heavy atom. The van der Waals surface area contributed by atoms with E-state index in [2.05, 4.69) is 84.9 Å². The van der Waals surface area contributed by atoms with E-state index in [1.807, 2.05) is 0 Å². The van der Waals surface area contributed by atoms with Crippen LogP contribution in [-0.2, 0) is 6.54 Å². The SMILES string of the molecule is CCNC(=NCc1cccc(-c2cccc(C)c2)c1)NCC.I. The number of halogens is 1. The summed E-state index contributed by atoms with van der Waals surface area (Å²) in [6.45, 7) is 8.69. The summed E-state index contributed by atoms with van der Waals surface area (Å²) in [6.07, 6.45) is 0. The van der Waals surface area contributed by atoms with Gasteiger partial charge in [-0.3, -0.25) is 0 Å². The average Bonchev–Trinajstić information content (AvgIpc) is 2.53. The Bertz CT molecular complexity index is 630. The Hall–Kier alpha value is -1.56. The molecule has 3 nitrogen and oxygen atoms in total. The number of nitrogens with one attached hydrogen (secondary N) is 2. The molecule has 0 spiro atoms. The molecule has 2 N–H and O–H groups in total. The Kier molecular flexibility index (Phi) is 8.69. The Morgan fingerprint density at radius 2 is 1.52 bits per heavy atom. The van der Waals surface area contributed by atoms with Gasteiger partial charge in [0.2, 0.25) is 0 Å². The molecule has 0 fully saturated rings. The van der Waals surface area contributed by atoms with Gasteiger partial charge in [0, 0.05) is 13.1 Å². The number of rotatable bonds is 5. The number of guanidine groups is 1. The summed E-state index contributed by atoms with van der Waals surface area (Å²) in [5.74, 6) is 0.867. The van der Waals surface area contributed by atoms with E-state index >= 15 is 0 Å². The molecule has 4 heteroatoms. The molecule has 0 aromatic heterocycles. The molecule has 0 bridgehead atoms. The third-order valence-corrected chi connectivity index (χ3v) is 3.39. The molecule has 0 saturated carbocycles. The molecule has 0 atom stereocenters. The van der Waals surface area contributed by atoms with Crippen LogP contribution in [0.15, 0.2) is 53.5 Å². The zero-order valence-electron chi connectivity index (χ0n) is 14.1. The Morgan fingerprint density at radius 1 is 0.913 bits per heavy atom. The van der Waals surface area contributed by atoms with E-state index < -0.39 is 0 Å². The standard InChI is InChI=1S/C19H25N3.HI/c1-4-20-19(21-5-2)22-14-16-9-7-11-18(13-16)17-10-6-8-15(3)12-17;/h6-13H,4-5,14H2,1-3H3,(H2,20,21,22);1H. The largest absolute Gasteiger partial charge is 0.357 e. The predicted octanol–water partition coefficient (Wildman–Crippen LogP) is 4.36. The molecule has 0 aliphatic rings. The van der Waals surface area contributed by atoms with Crippen molar-refractivity contribution in [1.82, 2.24) is 10.6 Å². The van der Waals surface area contributed by atoms with Crippen LogP contribution in [0.5, 0.6) is 0 Å². The number of nitrogens with zero attached hydrogens (tertiary/aromatic N) is 1. The first-order valence-electron chi connectivity index (χ1n) is 7.91. The molecule has 2 rings (SSSR count). The van der Waals surface area contributed by atoms with Gasteiger partial charge in [0.15, 0.2) is 5.96 Å². The number of aliphatic imine (C=N–C) groups is 1. The lowest BCUT2D eigenvalue weighted by atomic mass is 10.0. The third-order valence-electron chi connectivity index (χ3n) is 3.39. The summed E-state index contributed by atoms with van der Waals surface area (Å²) in [5, 5.41) is 6.49. The zero-order chi connectivity index (χ0) is 15.8. The second-order valence-electron chi connectivity index (χ2n) is 5.30. The highest BCUT2D eigenvalue weighted by atomic mass is 127. The van der Waals surface area contributed by atoms with Crippen LogP contribution in [0.3, 0.4) is 0 Å². The van der Waals surface area contributed by atoms with E-state index in [0.29, 0.717) is 6.54 Å². The third kappa shape index (κ3) is 6.22. The molecule has 0 unspecified atom stereocenters. The first kappa shape index (κ1) is 19.5. The van der Waals surface area contributed by atoms with Crippen LogP contribution in [0.2, 0.25) is 0 Å². The van der Waals surface area contributed by atoms with Gasteiger partial charge in [-0.2, -0.15) is 0 Å². The van der Waals surface area contributed by atoms with Crippen molar-refractivity contribution < 1.29 is 0 Å². The molecule has 23 heavy (non-hydrogen) atoms. The lowest BCUT2D eigenvalue weighted by molar-refractivity contribution is 0.839. The summed E-state index contributed by atoms with van der Waals surface area (Å²) >= 11 is 0. The van der Waals surface area contributed by atoms with E-state index in [0.717, 1.165) is 19.0 Å². The fraction of sp³-hybridized carbons (Fsp3) is 0.316. The van der Waals surface area contributed by atoms with Crippen LogP contribution in [-0.4, -0.2) is 19.0 Å². The van der Waals surface area contributed by atoms with Crippen molar-refractivity contribution in [2.75, 3.05) is 13.1 Å². The number of aryl methyl sites for hydroxylation is 1. The van der Waals surface area contributed by atoms with Crippen molar-refractivity contribution in [3.63, 3.8) is 0 Å². The second-order valence-corrected chi connectivity index (χ2v) is 5.30. The van der Waals surface area contributed by atoms with Gasteiger partial charge in [-0.1, -0.05) is 48.0 Å². The number of benzene rings is 2. The lowest BCUT2D eigenvalue weighted by Crippen LogP contribution is -2.36. The van der Waals surface area contributed by atoms with Crippen LogP contribution < -0.4 is 10.6 Å². The summed E-state index contributed by atoms with van der Waals surface area (Å²) < 4.78 is 0. The normalized spacial score (nSPS) is 9.70. The van der Waals surface area contributed by atoms with Gasteiger partial charge in [0.05, 0.1) is 6.54 Å². The highest BCUT2D eigenvalue weighted by Crippen LogP contribution is 2.21. The number of hydrogen-bond acceptors (Lipinski definition) is 1. The molecule has 0 radical (unpaired) electrons. The maximum Gasteiger partial charge on any atom is 0.191 e. The van der Waals surface area contributed by atoms with Gasteiger partial charge >= 0.3 is 0 Å². The van der Waals surface area contributed by atoms with Crippen LogP contribution >= 0.6 is 24.0 Å². The van der Waals surface area contributed by atoms with Gasteiger partial charge in [0.25, 0.3) is 0 Å². The Balaban J connectivity index is 0.00000264. The van der Waals surface area contributed by atoms with Crippen molar-refractivity contribution in [3.8, 4) is 11.1 Å². The minimum Gasteiger partial charge on any atom is -0.357 e. The summed E-state index contributed by atoms with van der Waals surface area (Å²) in [7, 11) is 0. The maximum atomic E-state index is 4.62. The summed E-state index contributed by atoms with van der Waals surface area (Å²) in [6, 6.07) is 17.2. The van der Waals surface area contributed by atoms with E-state index in [1.54, 1.807) is 0 Å². The molecule has 2 aromatic rings. The Labute approximate surface area is 156 Å². The van der Waals surface area contributed by atoms with Crippen LogP contribution in [0.25, 0.3) is 11.1 Å². The smallest absolute Gasteiger partial charge is 0.191 e. The molecule has 2 aromatic carbocycles. The van der Waals surface area contributed by atoms with Crippen molar-refractivity contribution in [1.29, 1.82) is 0 Å². The van der Waals surface area contributed by atoms with E-state index in [9.17, 15) is 0 Å². The minimum atomic E-state index is 0. The molecule has 0 amide bonds. The zero-order valence-corrected chi connectivity index (χ0v) is 16.4. The fourth-order valence-corrected chi connectivity index (χ4v) is 2.35. The van der Waals surface area contributed by atoms with E-state index in [1.165, 1.54) is 22.3 Å². The van der Waals surface area contributed by atoms with Crippen LogP contribution in [0.1, 0.15) is 25.0 Å². The van der Waals surface area contributed by atoms with Crippen molar-refractivity contribution in [2.45, 2.75) is 27.3 Å². The van der Waals surface area contributed by atoms with Gasteiger partial charge in [-0.25, -0.2) is 4.99 Å². The first-order valence-corrected chi connectivity index (χ1v) is 7.91. The summed E-state index contributed by atoms with van der Waals surface area (Å²) in [5.41, 5.74) is 4.99. The highest BCUT2D eigenvalue weighted by molar-refractivity contribution is 14.0. The molecule has 0 saturated heterocycles. The monoisotopic (exact) mass is 423 g/mol. The molecule has 124 valence electrons. The van der Waals surface area contributed by atoms with Gasteiger partial charge in [-0.05, 0) is 43.5 Å². The number of hydrogen-bond donors (Lipinski definition) is 2. The highest BCUT2D eigenvalue weighted by Gasteiger charge is 2.00. The molecule has 0 heterocycles. The maximum absolute atomic E-state index is 4.62. The van der Waals surface area contributed by atoms with Gasteiger partial charge in [0.1, 0.15) is 0 Å². The molecular formula is C19H26IN3. The van der Waals surface area contributed by atoms with Crippen molar-refractivity contribution in [3.05, 3.63) is 59.7 Å². The van der Waals surface area contributed by atoms with Crippen molar-refractivity contribution in [2.24, 2.45) is 4.99 Å². The molecular weight excluding hydrogens is 397 g/mol. The fourth-order valence-electron chi connectivity index (χ4n) is 2.35. The van der Waals surface area contributed by atoms with Crippen LogP contribution in [0.4, 0.5) is 0 Å². The average molecular weight is 423 g/mol. The molecule has 0 aliphatic heterocycles. The van der Waals surface area contributed by atoms with Crippen molar-refractivity contribution >= 4 is 29.9 Å². The second kappa shape index (κ2) is 10.3. The van der Waals surface area contributed by atoms with Gasteiger partial charge in [-0.15, -0.1) is 24.0 Å². The molecule has 0 aliphatic carbocycles. The minimum absolute atomic E-state index is 0. The lowest BCUT2D eigenvalue weighted by Gasteiger charge is -2.09. The quantitative estimate of drug-likeness (QED) is 0.426. The van der Waals surface area contributed by atoms with E-state index in [4.69, 9.17) is 0 Å². The van der Waals surface area contributed by atoms with E-state index in [-0.39, 0.29) is 24.0 Å². The topological polar surface area (TPSA) is 36.4 Å². The predicted molar refractivity (Wildman–Crippen MR) is 111 cm³/mol.